The third-order valence-electron chi connectivity index (χ3n) is 5.77. The summed E-state index contributed by atoms with van der Waals surface area (Å²) in [5.41, 5.74) is 3.91. The maximum Gasteiger partial charge on any atom is 0.331 e. The highest BCUT2D eigenvalue weighted by Crippen LogP contribution is 2.51. The van der Waals surface area contributed by atoms with Gasteiger partial charge in [0.1, 0.15) is 5.60 Å². The molecule has 0 heterocycles. The van der Waals surface area contributed by atoms with Crippen molar-refractivity contribution in [3.63, 3.8) is 0 Å². The van der Waals surface area contributed by atoms with Crippen molar-refractivity contribution in [1.82, 2.24) is 0 Å². The molecule has 3 nitrogen and oxygen atoms in total. The Morgan fingerprint density at radius 3 is 2.26 bits per heavy atom. The fourth-order valence-corrected chi connectivity index (χ4v) is 4.14. The number of carbonyl (C=O) groups excluding carboxylic acids is 1. The van der Waals surface area contributed by atoms with E-state index in [2.05, 4.69) is 26.8 Å². The Kier molecular flexibility index (Phi) is 6.14. The van der Waals surface area contributed by atoms with E-state index in [0.717, 1.165) is 6.42 Å². The quantitative estimate of drug-likeness (QED) is 0.429. The zero-order valence-corrected chi connectivity index (χ0v) is 18.9. The molecule has 0 unspecified atom stereocenters. The smallest absolute Gasteiger partial charge is 0.331 e. The largest absolute Gasteiger partial charge is 0.458 e. The minimum atomic E-state index is -0.497. The van der Waals surface area contributed by atoms with Crippen molar-refractivity contribution in [3.8, 4) is 0 Å². The van der Waals surface area contributed by atoms with Crippen molar-refractivity contribution in [2.45, 2.75) is 99.6 Å². The molecule has 0 amide bonds. The van der Waals surface area contributed by atoms with Crippen molar-refractivity contribution in [3.05, 3.63) is 22.8 Å². The van der Waals surface area contributed by atoms with Crippen LogP contribution in [-0.2, 0) is 9.53 Å². The highest BCUT2D eigenvalue weighted by Gasteiger charge is 2.38. The van der Waals surface area contributed by atoms with Crippen LogP contribution in [0.15, 0.2) is 27.8 Å². The van der Waals surface area contributed by atoms with E-state index in [0.29, 0.717) is 11.3 Å². The summed E-state index contributed by atoms with van der Waals surface area (Å²) in [5, 5.41) is 0. The Morgan fingerprint density at radius 1 is 1.15 bits per heavy atom. The predicted molar refractivity (Wildman–Crippen MR) is 114 cm³/mol. The summed E-state index contributed by atoms with van der Waals surface area (Å²) in [5.74, 6) is 0.355. The lowest BCUT2D eigenvalue weighted by Crippen LogP contribution is -2.38. The molecule has 0 radical (unpaired) electrons. The van der Waals surface area contributed by atoms with E-state index in [-0.39, 0.29) is 11.4 Å². The number of allylic oxidation sites excluding steroid dienone is 4. The SMILES string of the molecule is CC(C)C1=C2C=C(C=N[C@H](C(=O)OC(C)(C)C)C(C)(C)C)CC[C@@]2(C)CC1. The molecule has 0 fully saturated rings. The molecule has 2 atom stereocenters. The van der Waals surface area contributed by atoms with Crippen LogP contribution in [-0.4, -0.2) is 23.8 Å². The second-order valence-corrected chi connectivity index (χ2v) is 11.0. The van der Waals surface area contributed by atoms with Gasteiger partial charge < -0.3 is 4.74 Å². The average molecular weight is 374 g/mol. The third-order valence-corrected chi connectivity index (χ3v) is 5.77. The normalized spacial score (nSPS) is 25.0. The molecule has 0 spiro atoms. The minimum absolute atomic E-state index is 0.240. The topological polar surface area (TPSA) is 38.7 Å². The molecule has 0 aromatic heterocycles. The maximum absolute atomic E-state index is 12.7. The van der Waals surface area contributed by atoms with Gasteiger partial charge in [0.05, 0.1) is 0 Å². The van der Waals surface area contributed by atoms with Gasteiger partial charge in [0, 0.05) is 6.21 Å². The van der Waals surface area contributed by atoms with Crippen molar-refractivity contribution in [1.29, 1.82) is 0 Å². The Balaban J connectivity index is 2.28. The van der Waals surface area contributed by atoms with E-state index >= 15 is 0 Å². The molecule has 27 heavy (non-hydrogen) atoms. The minimum Gasteiger partial charge on any atom is -0.458 e. The predicted octanol–water partition coefficient (Wildman–Crippen LogP) is 6.29. The van der Waals surface area contributed by atoms with E-state index in [1.54, 1.807) is 5.57 Å². The first-order chi connectivity index (χ1) is 12.2. The summed E-state index contributed by atoms with van der Waals surface area (Å²) in [7, 11) is 0. The van der Waals surface area contributed by atoms with Crippen LogP contribution in [0.2, 0.25) is 0 Å². The molecule has 0 aliphatic heterocycles. The molecule has 152 valence electrons. The molecule has 0 N–H and O–H groups in total. The van der Waals surface area contributed by atoms with Gasteiger partial charge in [0.2, 0.25) is 0 Å². The van der Waals surface area contributed by atoms with Gasteiger partial charge in [-0.2, -0.15) is 0 Å². The van der Waals surface area contributed by atoms with Gasteiger partial charge in [-0.1, -0.05) is 53.2 Å². The average Bonchev–Trinajstić information content (AvgIpc) is 2.81. The van der Waals surface area contributed by atoms with Crippen molar-refractivity contribution in [2.75, 3.05) is 0 Å². The van der Waals surface area contributed by atoms with Crippen LogP contribution < -0.4 is 0 Å². The molecule has 0 aromatic rings. The van der Waals surface area contributed by atoms with E-state index in [1.807, 2.05) is 47.8 Å². The number of aliphatic imine (C=N–C) groups is 1. The third kappa shape index (κ3) is 5.33. The molecule has 0 aromatic carbocycles. The summed E-state index contributed by atoms with van der Waals surface area (Å²) in [6.45, 7) is 18.8. The van der Waals surface area contributed by atoms with E-state index in [1.165, 1.54) is 30.4 Å². The van der Waals surface area contributed by atoms with Gasteiger partial charge in [0.15, 0.2) is 6.04 Å². The van der Waals surface area contributed by atoms with E-state index in [9.17, 15) is 4.79 Å². The second kappa shape index (κ2) is 7.56. The first-order valence-corrected chi connectivity index (χ1v) is 10.4. The van der Waals surface area contributed by atoms with Crippen LogP contribution in [0, 0.1) is 16.7 Å². The summed E-state index contributed by atoms with van der Waals surface area (Å²) in [6.07, 6.45) is 8.96. The van der Waals surface area contributed by atoms with Crippen molar-refractivity contribution in [2.24, 2.45) is 21.7 Å². The fraction of sp³-hybridized carbons (Fsp3) is 0.750. The summed E-state index contributed by atoms with van der Waals surface area (Å²) >= 11 is 0. The highest BCUT2D eigenvalue weighted by molar-refractivity contribution is 5.85. The first kappa shape index (κ1) is 21.9. The van der Waals surface area contributed by atoms with Crippen LogP contribution in [0.3, 0.4) is 0 Å². The van der Waals surface area contributed by atoms with Crippen molar-refractivity contribution < 1.29 is 9.53 Å². The number of carbonyl (C=O) groups is 1. The van der Waals surface area contributed by atoms with Gasteiger partial charge in [0.25, 0.3) is 0 Å². The lowest BCUT2D eigenvalue weighted by molar-refractivity contribution is -0.158. The molecular formula is C24H39NO2. The molecule has 0 bridgehead atoms. The van der Waals surface area contributed by atoms with E-state index < -0.39 is 11.6 Å². The lowest BCUT2D eigenvalue weighted by Gasteiger charge is -2.32. The fourth-order valence-electron chi connectivity index (χ4n) is 4.14. The summed E-state index contributed by atoms with van der Waals surface area (Å²) in [6, 6.07) is -0.493. The molecule has 2 aliphatic carbocycles. The molecule has 0 saturated heterocycles. The van der Waals surface area contributed by atoms with Crippen LogP contribution in [0.4, 0.5) is 0 Å². The number of esters is 1. The Labute approximate surface area is 166 Å². The van der Waals surface area contributed by atoms with Crippen LogP contribution in [0.25, 0.3) is 0 Å². The Morgan fingerprint density at radius 2 is 1.74 bits per heavy atom. The molecule has 3 heteroatoms. The first-order valence-electron chi connectivity index (χ1n) is 10.4. The zero-order chi connectivity index (χ0) is 20.6. The van der Waals surface area contributed by atoms with Crippen LogP contribution in [0.1, 0.15) is 88.0 Å². The lowest BCUT2D eigenvalue weighted by atomic mass is 9.73. The molecule has 2 rings (SSSR count). The Hall–Kier alpha value is -1.38. The number of ether oxygens (including phenoxy) is 1. The number of rotatable bonds is 4. The molecular weight excluding hydrogens is 334 g/mol. The van der Waals surface area contributed by atoms with Gasteiger partial charge in [-0.25, -0.2) is 4.79 Å². The van der Waals surface area contributed by atoms with Gasteiger partial charge in [-0.3, -0.25) is 4.99 Å². The van der Waals surface area contributed by atoms with Crippen LogP contribution in [0.5, 0.6) is 0 Å². The van der Waals surface area contributed by atoms with E-state index in [4.69, 9.17) is 9.73 Å². The number of hydrogen-bond donors (Lipinski definition) is 0. The van der Waals surface area contributed by atoms with Crippen LogP contribution >= 0.6 is 0 Å². The summed E-state index contributed by atoms with van der Waals surface area (Å²) < 4.78 is 5.62. The second-order valence-electron chi connectivity index (χ2n) is 11.0. The molecule has 0 saturated carbocycles. The van der Waals surface area contributed by atoms with Gasteiger partial charge in [-0.15, -0.1) is 0 Å². The maximum atomic E-state index is 12.7. The number of fused-ring (bicyclic) bond motifs is 1. The van der Waals surface area contributed by atoms with Gasteiger partial charge >= 0.3 is 5.97 Å². The van der Waals surface area contributed by atoms with Gasteiger partial charge in [-0.05, 0) is 74.3 Å². The monoisotopic (exact) mass is 373 g/mol. The Bertz CT molecular complexity index is 667. The summed E-state index contributed by atoms with van der Waals surface area (Å²) in [4.78, 5) is 17.4. The highest BCUT2D eigenvalue weighted by atomic mass is 16.6. The zero-order valence-electron chi connectivity index (χ0n) is 18.9. The molecule has 2 aliphatic rings. The van der Waals surface area contributed by atoms with Crippen molar-refractivity contribution >= 4 is 12.2 Å². The number of hydrogen-bond acceptors (Lipinski definition) is 3. The standard InChI is InChI=1S/C24H39NO2/c1-16(2)18-11-13-24(9)12-10-17(14-19(18)24)15-25-20(22(3,4)5)21(26)27-23(6,7)8/h14-16,20H,10-13H2,1-9H3/t20-,24+/m1/s1. The number of nitrogens with zero attached hydrogens (tertiary/aromatic N) is 1.